The first kappa shape index (κ1) is 24.5. The topological polar surface area (TPSA) is 113 Å². The van der Waals surface area contributed by atoms with Gasteiger partial charge in [-0.1, -0.05) is 12.1 Å². The number of sulfonamides is 1. The monoisotopic (exact) mass is 507 g/mol. The number of hydrogen-bond acceptors (Lipinski definition) is 6. The Bertz CT molecular complexity index is 1270. The molecule has 9 nitrogen and oxygen atoms in total. The second-order valence-electron chi connectivity index (χ2n) is 8.95. The third-order valence-electron chi connectivity index (χ3n) is 6.75. The van der Waals surface area contributed by atoms with Gasteiger partial charge < -0.3 is 15.0 Å². The van der Waals surface area contributed by atoms with Gasteiger partial charge in [-0.2, -0.15) is 4.31 Å². The summed E-state index contributed by atoms with van der Waals surface area (Å²) in [5.41, 5.74) is 0.441. The van der Waals surface area contributed by atoms with E-state index in [4.69, 9.17) is 4.74 Å². The smallest absolute Gasteiger partial charge is 0.321 e. The van der Waals surface area contributed by atoms with Crippen molar-refractivity contribution in [3.63, 3.8) is 0 Å². The molecule has 11 heteroatoms. The van der Waals surface area contributed by atoms with Gasteiger partial charge in [-0.25, -0.2) is 21.6 Å². The van der Waals surface area contributed by atoms with E-state index in [-0.39, 0.29) is 21.2 Å². The lowest BCUT2D eigenvalue weighted by atomic mass is 9.78. The van der Waals surface area contributed by atoms with Crippen LogP contribution in [0.25, 0.3) is 0 Å². The van der Waals surface area contributed by atoms with Gasteiger partial charge in [-0.15, -0.1) is 0 Å². The predicted octanol–water partition coefficient (Wildman–Crippen LogP) is 2.81. The normalized spacial score (nSPS) is 18.7. The van der Waals surface area contributed by atoms with Crippen LogP contribution in [0.4, 0.5) is 10.5 Å². The first-order chi connectivity index (χ1) is 16.0. The summed E-state index contributed by atoms with van der Waals surface area (Å²) >= 11 is 0. The number of rotatable bonds is 5. The number of piperidine rings is 1. The van der Waals surface area contributed by atoms with Crippen LogP contribution >= 0.6 is 0 Å². The number of methoxy groups -OCH3 is 1. The minimum atomic E-state index is -3.72. The molecule has 2 saturated heterocycles. The molecule has 0 unspecified atom stereocenters. The van der Waals surface area contributed by atoms with Gasteiger partial charge in [0.25, 0.3) is 0 Å². The van der Waals surface area contributed by atoms with Crippen molar-refractivity contribution in [1.29, 1.82) is 0 Å². The number of sulfone groups is 1. The predicted molar refractivity (Wildman–Crippen MR) is 128 cm³/mol. The number of amides is 2. The molecule has 1 N–H and O–H groups in total. The first-order valence-corrected chi connectivity index (χ1v) is 14.4. The lowest BCUT2D eigenvalue weighted by molar-refractivity contribution is 0.132. The van der Waals surface area contributed by atoms with Crippen LogP contribution in [0.1, 0.15) is 19.3 Å². The number of nitrogens with one attached hydrogen (secondary N) is 1. The van der Waals surface area contributed by atoms with Crippen molar-refractivity contribution < 1.29 is 26.4 Å². The zero-order valence-corrected chi connectivity index (χ0v) is 20.9. The molecule has 1 spiro atoms. The minimum absolute atomic E-state index is 0.0862. The third kappa shape index (κ3) is 4.91. The van der Waals surface area contributed by atoms with Crippen LogP contribution in [-0.4, -0.2) is 71.6 Å². The van der Waals surface area contributed by atoms with Gasteiger partial charge in [0.1, 0.15) is 5.75 Å². The van der Waals surface area contributed by atoms with E-state index >= 15 is 0 Å². The molecular formula is C23H29N3O6S2. The number of carbonyl (C=O) groups is 1. The summed E-state index contributed by atoms with van der Waals surface area (Å²) in [6, 6.07) is 12.4. The molecule has 2 aromatic carbocycles. The van der Waals surface area contributed by atoms with Gasteiger partial charge in [-0.05, 0) is 61.1 Å². The van der Waals surface area contributed by atoms with Crippen LogP contribution in [0, 0.1) is 5.41 Å². The number of hydrogen-bond donors (Lipinski definition) is 1. The fourth-order valence-corrected chi connectivity index (χ4v) is 6.83. The summed E-state index contributed by atoms with van der Waals surface area (Å²) in [7, 11) is -5.57. The quantitative estimate of drug-likeness (QED) is 0.666. The average molecular weight is 508 g/mol. The van der Waals surface area contributed by atoms with Gasteiger partial charge in [-0.3, -0.25) is 0 Å². The summed E-state index contributed by atoms with van der Waals surface area (Å²) in [5, 5.41) is 2.89. The van der Waals surface area contributed by atoms with E-state index in [9.17, 15) is 21.6 Å². The average Bonchev–Trinajstić information content (AvgIpc) is 3.23. The second kappa shape index (κ2) is 9.20. The van der Waals surface area contributed by atoms with Crippen LogP contribution in [0.2, 0.25) is 0 Å². The second-order valence-corrected chi connectivity index (χ2v) is 12.9. The molecule has 0 aromatic heterocycles. The Morgan fingerprint density at radius 1 is 0.912 bits per heavy atom. The Hall–Kier alpha value is -2.63. The number of para-hydroxylation sites is 2. The van der Waals surface area contributed by atoms with E-state index in [1.165, 1.54) is 28.6 Å². The van der Waals surface area contributed by atoms with Crippen molar-refractivity contribution in [3.8, 4) is 5.75 Å². The van der Waals surface area contributed by atoms with E-state index in [1.54, 1.807) is 24.1 Å². The standard InChI is InChI=1S/C23H29N3O6S2/c1-32-21-6-4-3-5-20(21)24-22(27)25-14-11-23(12-15-25)13-16-26(17-23)34(30,31)19-9-7-18(8-10-19)33(2,28)29/h3-10H,11-17H2,1-2H3,(H,24,27). The lowest BCUT2D eigenvalue weighted by Gasteiger charge is -2.39. The van der Waals surface area contributed by atoms with Gasteiger partial charge in [0.2, 0.25) is 10.0 Å². The molecule has 2 amide bonds. The van der Waals surface area contributed by atoms with E-state index in [0.717, 1.165) is 12.7 Å². The number of benzene rings is 2. The first-order valence-electron chi connectivity index (χ1n) is 11.0. The highest BCUT2D eigenvalue weighted by Crippen LogP contribution is 2.42. The van der Waals surface area contributed by atoms with Gasteiger partial charge >= 0.3 is 6.03 Å². The van der Waals surface area contributed by atoms with Crippen LogP contribution in [0.15, 0.2) is 58.3 Å². The van der Waals surface area contributed by atoms with Crippen LogP contribution in [0.5, 0.6) is 5.75 Å². The Morgan fingerprint density at radius 2 is 1.50 bits per heavy atom. The zero-order valence-electron chi connectivity index (χ0n) is 19.2. The summed E-state index contributed by atoms with van der Waals surface area (Å²) in [6.07, 6.45) is 3.25. The van der Waals surface area contributed by atoms with Gasteiger partial charge in [0.05, 0.1) is 22.6 Å². The molecule has 34 heavy (non-hydrogen) atoms. The zero-order chi connectivity index (χ0) is 24.6. The number of anilines is 1. The molecule has 0 bridgehead atoms. The number of carbonyl (C=O) groups excluding carboxylic acids is 1. The molecule has 2 aromatic rings. The highest BCUT2D eigenvalue weighted by Gasteiger charge is 2.45. The van der Waals surface area contributed by atoms with Crippen LogP contribution in [0.3, 0.4) is 0 Å². The lowest BCUT2D eigenvalue weighted by Crippen LogP contribution is -2.46. The Kier molecular flexibility index (Phi) is 6.63. The Morgan fingerprint density at radius 3 is 2.12 bits per heavy atom. The van der Waals surface area contributed by atoms with Gasteiger partial charge in [0, 0.05) is 32.4 Å². The molecule has 2 aliphatic rings. The highest BCUT2D eigenvalue weighted by atomic mass is 32.2. The van der Waals surface area contributed by atoms with Crippen molar-refractivity contribution >= 4 is 31.6 Å². The molecule has 184 valence electrons. The minimum Gasteiger partial charge on any atom is -0.495 e. The molecular weight excluding hydrogens is 478 g/mol. The SMILES string of the molecule is COc1ccccc1NC(=O)N1CCC2(CC1)CCN(S(=O)(=O)c1ccc(S(C)(=O)=O)cc1)C2. The van der Waals surface area contributed by atoms with E-state index < -0.39 is 19.9 Å². The van der Waals surface area contributed by atoms with E-state index in [0.29, 0.717) is 50.5 Å². The summed E-state index contributed by atoms with van der Waals surface area (Å²) in [4.78, 5) is 14.7. The number of urea groups is 1. The molecule has 2 heterocycles. The molecule has 0 saturated carbocycles. The molecule has 4 rings (SSSR count). The fraction of sp³-hybridized carbons (Fsp3) is 0.435. The van der Waals surface area contributed by atoms with Crippen molar-refractivity contribution in [2.45, 2.75) is 29.1 Å². The van der Waals surface area contributed by atoms with Crippen molar-refractivity contribution in [2.75, 3.05) is 44.9 Å². The maximum absolute atomic E-state index is 13.1. The maximum atomic E-state index is 13.1. The van der Waals surface area contributed by atoms with Crippen molar-refractivity contribution in [2.24, 2.45) is 5.41 Å². The van der Waals surface area contributed by atoms with E-state index in [1.807, 2.05) is 12.1 Å². The van der Waals surface area contributed by atoms with E-state index in [2.05, 4.69) is 5.32 Å². The number of ether oxygens (including phenoxy) is 1. The largest absolute Gasteiger partial charge is 0.495 e. The summed E-state index contributed by atoms with van der Waals surface area (Å²) < 4.78 is 56.4. The highest BCUT2D eigenvalue weighted by molar-refractivity contribution is 7.90. The van der Waals surface area contributed by atoms with Crippen molar-refractivity contribution in [3.05, 3.63) is 48.5 Å². The Labute approximate surface area is 200 Å². The molecule has 0 atom stereocenters. The number of likely N-dealkylation sites (tertiary alicyclic amines) is 1. The molecule has 0 aliphatic carbocycles. The summed E-state index contributed by atoms with van der Waals surface area (Å²) in [5.74, 6) is 0.588. The maximum Gasteiger partial charge on any atom is 0.321 e. The molecule has 2 aliphatic heterocycles. The third-order valence-corrected chi connectivity index (χ3v) is 9.74. The molecule has 0 radical (unpaired) electrons. The Balaban J connectivity index is 1.38. The molecule has 2 fully saturated rings. The van der Waals surface area contributed by atoms with Crippen LogP contribution in [-0.2, 0) is 19.9 Å². The van der Waals surface area contributed by atoms with Crippen molar-refractivity contribution in [1.82, 2.24) is 9.21 Å². The summed E-state index contributed by atoms with van der Waals surface area (Å²) in [6.45, 7) is 1.88. The van der Waals surface area contributed by atoms with Crippen LogP contribution < -0.4 is 10.1 Å². The number of nitrogens with zero attached hydrogens (tertiary/aromatic N) is 2. The fourth-order valence-electron chi connectivity index (χ4n) is 4.64. The van der Waals surface area contributed by atoms with Gasteiger partial charge in [0.15, 0.2) is 9.84 Å².